The largest absolute Gasteiger partial charge is 0.573 e. The van der Waals surface area contributed by atoms with Crippen molar-refractivity contribution in [3.05, 3.63) is 94.5 Å². The number of halogens is 4. The van der Waals surface area contributed by atoms with Crippen molar-refractivity contribution in [2.24, 2.45) is 0 Å². The van der Waals surface area contributed by atoms with Crippen LogP contribution < -0.4 is 4.74 Å². The van der Waals surface area contributed by atoms with Crippen molar-refractivity contribution in [3.8, 4) is 11.5 Å². The number of aryl methyl sites for hydroxylation is 1. The van der Waals surface area contributed by atoms with Crippen LogP contribution in [-0.4, -0.2) is 42.7 Å². The monoisotopic (exact) mass is 511 g/mol. The molecule has 1 atom stereocenters. The van der Waals surface area contributed by atoms with E-state index >= 15 is 0 Å². The Morgan fingerprint density at radius 3 is 2.35 bits per heavy atom. The quantitative estimate of drug-likeness (QED) is 0.337. The third kappa shape index (κ3) is 5.82. The number of aromatic hydroxyl groups is 1. The number of fused-ring (bicyclic) bond motifs is 1. The molecular weight excluding hydrogens is 482 g/mol. The second-order valence-corrected chi connectivity index (χ2v) is 9.72. The summed E-state index contributed by atoms with van der Waals surface area (Å²) in [4.78, 5) is 2.31. The molecule has 0 aromatic heterocycles. The molecule has 1 aliphatic carbocycles. The number of rotatable bonds is 7. The maximum atomic E-state index is 12.6. The topological polar surface area (TPSA) is 32.7 Å². The summed E-state index contributed by atoms with van der Waals surface area (Å²) in [5, 5.41) is 10.0. The summed E-state index contributed by atoms with van der Waals surface area (Å²) in [7, 11) is 0. The first-order valence-corrected chi connectivity index (χ1v) is 12.6. The van der Waals surface area contributed by atoms with E-state index in [1.54, 1.807) is 24.3 Å². The van der Waals surface area contributed by atoms with E-state index in [1.807, 2.05) is 6.07 Å². The first kappa shape index (κ1) is 25.3. The number of nitrogens with zero attached hydrogens (tertiary/aromatic N) is 1. The normalized spacial score (nSPS) is 18.2. The highest BCUT2D eigenvalue weighted by molar-refractivity contribution is 6.00. The van der Waals surface area contributed by atoms with Crippen molar-refractivity contribution in [2.75, 3.05) is 26.3 Å². The fourth-order valence-corrected chi connectivity index (χ4v) is 5.57. The number of phenolic OH excluding ortho intramolecular Hbond substituents is 1. The molecule has 1 heterocycles. The molecule has 7 heteroatoms. The predicted octanol–water partition coefficient (Wildman–Crippen LogP) is 7.35. The first-order chi connectivity index (χ1) is 17.8. The molecule has 0 bridgehead atoms. The fraction of sp³-hybridized carbons (Fsp3) is 0.333. The van der Waals surface area contributed by atoms with E-state index in [0.717, 1.165) is 65.9 Å². The van der Waals surface area contributed by atoms with Crippen LogP contribution in [0.15, 0.2) is 66.7 Å². The van der Waals surface area contributed by atoms with Gasteiger partial charge in [0.1, 0.15) is 11.5 Å². The zero-order valence-corrected chi connectivity index (χ0v) is 20.4. The van der Waals surface area contributed by atoms with Gasteiger partial charge in [0.15, 0.2) is 0 Å². The van der Waals surface area contributed by atoms with Gasteiger partial charge in [-0.2, -0.15) is 0 Å². The number of phenols is 1. The summed E-state index contributed by atoms with van der Waals surface area (Å²) in [6.45, 7) is 2.41. The average molecular weight is 512 g/mol. The van der Waals surface area contributed by atoms with Gasteiger partial charge in [0.05, 0.1) is 6.67 Å². The Morgan fingerprint density at radius 2 is 1.65 bits per heavy atom. The minimum absolute atomic E-state index is 0.212. The van der Waals surface area contributed by atoms with Crippen molar-refractivity contribution in [1.29, 1.82) is 0 Å². The smallest absolute Gasteiger partial charge is 0.508 e. The molecule has 0 radical (unpaired) electrons. The lowest BCUT2D eigenvalue weighted by molar-refractivity contribution is -0.274. The average Bonchev–Trinajstić information content (AvgIpc) is 3.35. The maximum Gasteiger partial charge on any atom is 0.573 e. The lowest BCUT2D eigenvalue weighted by Gasteiger charge is -2.25. The Balaban J connectivity index is 1.48. The van der Waals surface area contributed by atoms with Gasteiger partial charge >= 0.3 is 6.36 Å². The third-order valence-electron chi connectivity index (χ3n) is 7.29. The van der Waals surface area contributed by atoms with E-state index in [-0.39, 0.29) is 18.2 Å². The minimum atomic E-state index is -4.73. The van der Waals surface area contributed by atoms with Crippen LogP contribution in [0.2, 0.25) is 0 Å². The number of benzene rings is 3. The summed E-state index contributed by atoms with van der Waals surface area (Å²) in [5.74, 6) is 0.379. The molecule has 1 fully saturated rings. The molecule has 37 heavy (non-hydrogen) atoms. The number of hydrogen-bond acceptors (Lipinski definition) is 3. The van der Waals surface area contributed by atoms with Crippen LogP contribution in [-0.2, 0) is 6.42 Å². The molecule has 0 amide bonds. The zero-order chi connectivity index (χ0) is 26.0. The van der Waals surface area contributed by atoms with Gasteiger partial charge < -0.3 is 14.7 Å². The van der Waals surface area contributed by atoms with Crippen molar-refractivity contribution in [1.82, 2.24) is 4.90 Å². The van der Waals surface area contributed by atoms with E-state index < -0.39 is 6.36 Å². The van der Waals surface area contributed by atoms with Crippen molar-refractivity contribution in [3.63, 3.8) is 0 Å². The molecule has 0 saturated carbocycles. The molecule has 1 N–H and O–H groups in total. The summed E-state index contributed by atoms with van der Waals surface area (Å²) in [5.41, 5.74) is 7.24. The fourth-order valence-electron chi connectivity index (χ4n) is 5.57. The summed E-state index contributed by atoms with van der Waals surface area (Å²) in [6, 6.07) is 19.9. The molecule has 1 saturated heterocycles. The molecule has 0 unspecified atom stereocenters. The van der Waals surface area contributed by atoms with Crippen LogP contribution in [0.1, 0.15) is 53.0 Å². The van der Waals surface area contributed by atoms with Gasteiger partial charge in [0.25, 0.3) is 0 Å². The number of likely N-dealkylation sites (tertiary alicyclic amines) is 1. The SMILES string of the molecule is Oc1ccc2c(c1)CCC(c1ccc(OC(F)(F)F)cc1)=C2c1ccc([C@@H]2CCN(CCCF)C2)cc1. The lowest BCUT2D eigenvalue weighted by atomic mass is 9.79. The number of alkyl halides is 4. The van der Waals surface area contributed by atoms with Gasteiger partial charge in [-0.15, -0.1) is 13.2 Å². The number of hydrogen-bond donors (Lipinski definition) is 1. The van der Waals surface area contributed by atoms with Gasteiger partial charge in [0.2, 0.25) is 0 Å². The predicted molar refractivity (Wildman–Crippen MR) is 136 cm³/mol. The third-order valence-corrected chi connectivity index (χ3v) is 7.29. The second kappa shape index (κ2) is 10.6. The molecular formula is C30H29F4NO2. The lowest BCUT2D eigenvalue weighted by Crippen LogP contribution is -2.21. The molecule has 1 aliphatic heterocycles. The van der Waals surface area contributed by atoms with Crippen molar-refractivity contribution < 1.29 is 27.4 Å². The summed E-state index contributed by atoms with van der Waals surface area (Å²) >= 11 is 0. The highest BCUT2D eigenvalue weighted by Gasteiger charge is 2.31. The Morgan fingerprint density at radius 1 is 0.919 bits per heavy atom. The van der Waals surface area contributed by atoms with Crippen LogP contribution >= 0.6 is 0 Å². The summed E-state index contributed by atoms with van der Waals surface area (Å²) in [6.07, 6.45) is -1.70. The second-order valence-electron chi connectivity index (χ2n) is 9.72. The molecule has 3 aromatic carbocycles. The molecule has 3 aromatic rings. The van der Waals surface area contributed by atoms with Crippen LogP contribution in [0.3, 0.4) is 0 Å². The zero-order valence-electron chi connectivity index (χ0n) is 20.4. The Kier molecular flexibility index (Phi) is 7.24. The van der Waals surface area contributed by atoms with E-state index in [1.165, 1.54) is 17.7 Å². The number of allylic oxidation sites excluding steroid dienone is 1. The van der Waals surface area contributed by atoms with E-state index in [4.69, 9.17) is 0 Å². The van der Waals surface area contributed by atoms with Crippen molar-refractivity contribution in [2.45, 2.75) is 38.0 Å². The van der Waals surface area contributed by atoms with Gasteiger partial charge in [-0.1, -0.05) is 42.5 Å². The van der Waals surface area contributed by atoms with Gasteiger partial charge in [-0.05, 0) is 101 Å². The Labute approximate surface area is 214 Å². The van der Waals surface area contributed by atoms with E-state index in [0.29, 0.717) is 18.8 Å². The molecule has 0 spiro atoms. The highest BCUT2D eigenvalue weighted by Crippen LogP contribution is 2.42. The summed E-state index contributed by atoms with van der Waals surface area (Å²) < 4.78 is 54.5. The standard InChI is InChI=1S/C30H29F4NO2/c31-15-1-16-35-17-14-24(19-35)20-2-4-22(5-3-20)29-27(12-8-23-18-25(36)9-13-28(23)29)21-6-10-26(11-7-21)37-30(32,33)34/h2-7,9-11,13,18,24,36H,1,8,12,14-17,19H2/t24-/m1/s1. The Hall–Kier alpha value is -3.32. The Bertz CT molecular complexity index is 1270. The van der Waals surface area contributed by atoms with Crippen LogP contribution in [0, 0.1) is 0 Å². The molecule has 3 nitrogen and oxygen atoms in total. The first-order valence-electron chi connectivity index (χ1n) is 12.6. The number of ether oxygens (including phenoxy) is 1. The van der Waals surface area contributed by atoms with Crippen LogP contribution in [0.5, 0.6) is 11.5 Å². The van der Waals surface area contributed by atoms with Gasteiger partial charge in [0, 0.05) is 13.1 Å². The van der Waals surface area contributed by atoms with Crippen molar-refractivity contribution >= 4 is 11.1 Å². The maximum absolute atomic E-state index is 12.6. The van der Waals surface area contributed by atoms with Gasteiger partial charge in [-0.25, -0.2) is 0 Å². The van der Waals surface area contributed by atoms with E-state index in [2.05, 4.69) is 33.9 Å². The van der Waals surface area contributed by atoms with Crippen LogP contribution in [0.4, 0.5) is 17.6 Å². The van der Waals surface area contributed by atoms with Gasteiger partial charge in [-0.3, -0.25) is 4.39 Å². The molecule has 194 valence electrons. The molecule has 2 aliphatic rings. The molecule has 5 rings (SSSR count). The minimum Gasteiger partial charge on any atom is -0.508 e. The van der Waals surface area contributed by atoms with E-state index in [9.17, 15) is 22.7 Å². The van der Waals surface area contributed by atoms with Crippen LogP contribution in [0.25, 0.3) is 11.1 Å². The highest BCUT2D eigenvalue weighted by atomic mass is 19.4.